The van der Waals surface area contributed by atoms with Crippen LogP contribution in [0.1, 0.15) is 5.56 Å². The Morgan fingerprint density at radius 1 is 1.31 bits per heavy atom. The molecular weight excluding hydrogens is 295 g/mol. The van der Waals surface area contributed by atoms with Crippen LogP contribution in [-0.4, -0.2) is 5.16 Å². The standard InChI is InChI=1S/C8H7NO2.Cl3OP/c1-5-2-3-7-6(4-5)8(10)9-11-7;1-5(2,3)4/h2-4H,1H3,(H,9,10);. The fourth-order valence-corrected chi connectivity index (χ4v) is 1.07. The van der Waals surface area contributed by atoms with Crippen LogP contribution in [0.15, 0.2) is 27.5 Å². The van der Waals surface area contributed by atoms with Gasteiger partial charge in [-0.25, -0.2) is 0 Å². The Bertz CT molecular complexity index is 577. The Hall–Kier alpha value is -0.410. The molecule has 1 heterocycles. The van der Waals surface area contributed by atoms with Gasteiger partial charge in [0.2, 0.25) is 0 Å². The Labute approximate surface area is 105 Å². The molecule has 0 unspecified atom stereocenters. The fourth-order valence-electron chi connectivity index (χ4n) is 1.07. The summed E-state index contributed by atoms with van der Waals surface area (Å²) in [5.41, 5.74) is 1.51. The van der Waals surface area contributed by atoms with Crippen molar-refractivity contribution >= 4 is 49.9 Å². The molecule has 0 aliphatic carbocycles. The third kappa shape index (κ3) is 4.62. The van der Waals surface area contributed by atoms with Gasteiger partial charge in [-0.1, -0.05) is 11.6 Å². The number of aromatic amines is 1. The van der Waals surface area contributed by atoms with E-state index < -0.39 is 5.20 Å². The molecule has 0 fully saturated rings. The van der Waals surface area contributed by atoms with E-state index in [0.717, 1.165) is 5.56 Å². The summed E-state index contributed by atoms with van der Waals surface area (Å²) in [6, 6.07) is 5.49. The molecule has 2 aromatic rings. The number of benzene rings is 1. The SMILES string of the molecule is Cc1ccc2o[nH]c(=O)c2c1.O=P(Cl)(Cl)Cl. The Kier molecular flexibility index (Phi) is 4.51. The summed E-state index contributed by atoms with van der Waals surface area (Å²) in [5.74, 6) is 0. The van der Waals surface area contributed by atoms with Crippen molar-refractivity contribution in [2.24, 2.45) is 0 Å². The zero-order chi connectivity index (χ0) is 12.3. The molecule has 0 saturated carbocycles. The first-order valence-electron chi connectivity index (χ1n) is 4.04. The van der Waals surface area contributed by atoms with Crippen molar-refractivity contribution in [1.29, 1.82) is 0 Å². The van der Waals surface area contributed by atoms with Gasteiger partial charge in [-0.05, 0) is 52.8 Å². The lowest BCUT2D eigenvalue weighted by atomic mass is 10.2. The monoisotopic (exact) mass is 301 g/mol. The van der Waals surface area contributed by atoms with Gasteiger partial charge in [0.25, 0.3) is 5.56 Å². The molecule has 16 heavy (non-hydrogen) atoms. The molecular formula is C8H7Cl3NO3P. The highest BCUT2D eigenvalue weighted by Gasteiger charge is 2.03. The van der Waals surface area contributed by atoms with E-state index in [4.69, 9.17) is 4.52 Å². The summed E-state index contributed by atoms with van der Waals surface area (Å²) in [6.45, 7) is 1.94. The second-order valence-corrected chi connectivity index (χ2v) is 9.57. The van der Waals surface area contributed by atoms with E-state index in [0.29, 0.717) is 11.0 Å². The van der Waals surface area contributed by atoms with Gasteiger partial charge in [-0.2, -0.15) is 5.16 Å². The second kappa shape index (κ2) is 5.28. The van der Waals surface area contributed by atoms with Crippen LogP contribution in [0, 0.1) is 6.92 Å². The smallest absolute Gasteiger partial charge is 0.339 e. The topological polar surface area (TPSA) is 63.1 Å². The Balaban J connectivity index is 0.000000221. The van der Waals surface area contributed by atoms with Gasteiger partial charge >= 0.3 is 5.20 Å². The van der Waals surface area contributed by atoms with Crippen LogP contribution in [0.3, 0.4) is 0 Å². The Morgan fingerprint density at radius 3 is 2.44 bits per heavy atom. The summed E-state index contributed by atoms with van der Waals surface area (Å²) in [6.07, 6.45) is 0. The highest BCUT2D eigenvalue weighted by Crippen LogP contribution is 2.61. The molecule has 8 heteroatoms. The maximum atomic E-state index is 11.0. The largest absolute Gasteiger partial charge is 0.378 e. The van der Waals surface area contributed by atoms with E-state index in [2.05, 4.69) is 38.9 Å². The predicted molar refractivity (Wildman–Crippen MR) is 66.7 cm³/mol. The number of hydrogen-bond donors (Lipinski definition) is 1. The van der Waals surface area contributed by atoms with Gasteiger partial charge < -0.3 is 4.52 Å². The molecule has 0 spiro atoms. The maximum Gasteiger partial charge on any atom is 0.339 e. The number of aryl methyl sites for hydroxylation is 1. The van der Waals surface area contributed by atoms with Crippen molar-refractivity contribution < 1.29 is 9.09 Å². The van der Waals surface area contributed by atoms with E-state index in [9.17, 15) is 9.36 Å². The molecule has 0 aliphatic heterocycles. The molecule has 0 radical (unpaired) electrons. The average Bonchev–Trinajstić information content (AvgIpc) is 2.45. The number of halogens is 3. The summed E-state index contributed by atoms with van der Waals surface area (Å²) in [5, 5.41) is -0.333. The third-order valence-corrected chi connectivity index (χ3v) is 1.63. The van der Waals surface area contributed by atoms with Gasteiger partial charge in [0, 0.05) is 0 Å². The molecule has 4 nitrogen and oxygen atoms in total. The second-order valence-electron chi connectivity index (χ2n) is 2.93. The molecule has 0 saturated heterocycles. The van der Waals surface area contributed by atoms with Crippen LogP contribution in [0.2, 0.25) is 0 Å². The van der Waals surface area contributed by atoms with Gasteiger partial charge in [-0.3, -0.25) is 9.36 Å². The van der Waals surface area contributed by atoms with Crippen molar-refractivity contribution in [3.63, 3.8) is 0 Å². The molecule has 0 aliphatic rings. The zero-order valence-electron chi connectivity index (χ0n) is 8.04. The molecule has 0 bridgehead atoms. The zero-order valence-corrected chi connectivity index (χ0v) is 11.2. The van der Waals surface area contributed by atoms with Crippen molar-refractivity contribution in [2.75, 3.05) is 0 Å². The normalized spacial score (nSPS) is 11.0. The molecule has 0 amide bonds. The number of fused-ring (bicyclic) bond motifs is 1. The summed E-state index contributed by atoms with van der Waals surface area (Å²) >= 11 is 13.8. The number of aromatic nitrogens is 1. The first-order chi connectivity index (χ1) is 7.27. The van der Waals surface area contributed by atoms with E-state index >= 15 is 0 Å². The maximum absolute atomic E-state index is 11.0. The van der Waals surface area contributed by atoms with Crippen LogP contribution in [0.5, 0.6) is 0 Å². The van der Waals surface area contributed by atoms with E-state index in [1.807, 2.05) is 13.0 Å². The third-order valence-electron chi connectivity index (χ3n) is 1.63. The van der Waals surface area contributed by atoms with Gasteiger partial charge in [-0.15, -0.1) is 0 Å². The van der Waals surface area contributed by atoms with Gasteiger partial charge in [0.1, 0.15) is 0 Å². The lowest BCUT2D eigenvalue weighted by Gasteiger charge is -1.87. The average molecular weight is 302 g/mol. The van der Waals surface area contributed by atoms with Gasteiger partial charge in [0.15, 0.2) is 5.58 Å². The van der Waals surface area contributed by atoms with Crippen LogP contribution in [0.4, 0.5) is 0 Å². The first-order valence-corrected chi connectivity index (χ1v) is 8.46. The van der Waals surface area contributed by atoms with Gasteiger partial charge in [0.05, 0.1) is 5.39 Å². The van der Waals surface area contributed by atoms with Crippen molar-refractivity contribution in [3.8, 4) is 0 Å². The first kappa shape index (κ1) is 13.7. The minimum atomic E-state index is -3.22. The van der Waals surface area contributed by atoms with Crippen molar-refractivity contribution in [3.05, 3.63) is 34.1 Å². The number of nitrogens with one attached hydrogen (secondary N) is 1. The van der Waals surface area contributed by atoms with E-state index in [1.165, 1.54) is 0 Å². The summed E-state index contributed by atoms with van der Waals surface area (Å²) < 4.78 is 14.4. The predicted octanol–water partition coefficient (Wildman–Crippen LogP) is 4.24. The van der Waals surface area contributed by atoms with E-state index in [1.54, 1.807) is 12.1 Å². The highest BCUT2D eigenvalue weighted by molar-refractivity contribution is 8.24. The van der Waals surface area contributed by atoms with Crippen molar-refractivity contribution in [1.82, 2.24) is 5.16 Å². The quantitative estimate of drug-likeness (QED) is 0.740. The molecule has 2 rings (SSSR count). The van der Waals surface area contributed by atoms with Crippen LogP contribution < -0.4 is 5.56 Å². The molecule has 1 N–H and O–H groups in total. The number of hydrogen-bond acceptors (Lipinski definition) is 3. The van der Waals surface area contributed by atoms with E-state index in [-0.39, 0.29) is 5.56 Å². The molecule has 0 atom stereocenters. The van der Waals surface area contributed by atoms with Crippen LogP contribution in [0.25, 0.3) is 11.0 Å². The van der Waals surface area contributed by atoms with Crippen molar-refractivity contribution in [2.45, 2.75) is 6.92 Å². The lowest BCUT2D eigenvalue weighted by molar-refractivity contribution is 0.449. The lowest BCUT2D eigenvalue weighted by Crippen LogP contribution is -1.96. The minimum absolute atomic E-state index is 0.163. The number of H-pyrrole nitrogens is 1. The minimum Gasteiger partial charge on any atom is -0.378 e. The number of rotatable bonds is 0. The summed E-state index contributed by atoms with van der Waals surface area (Å²) in [7, 11) is 0. The highest BCUT2D eigenvalue weighted by atomic mass is 36.0. The summed E-state index contributed by atoms with van der Waals surface area (Å²) in [4.78, 5) is 11.0. The Morgan fingerprint density at radius 2 is 1.88 bits per heavy atom. The molecule has 1 aromatic carbocycles. The molecule has 88 valence electrons. The molecule has 1 aromatic heterocycles. The van der Waals surface area contributed by atoms with Crippen LogP contribution >= 0.6 is 38.9 Å². The van der Waals surface area contributed by atoms with Crippen LogP contribution in [-0.2, 0) is 4.57 Å². The fraction of sp³-hybridized carbons (Fsp3) is 0.125.